The molecule has 5 heteroatoms. The van der Waals surface area contributed by atoms with Crippen LogP contribution in [0.25, 0.3) is 9.88 Å². The van der Waals surface area contributed by atoms with E-state index in [0.29, 0.717) is 18.4 Å². The minimum Gasteiger partial charge on any atom is -0.330 e. The third-order valence-electron chi connectivity index (χ3n) is 2.60. The molecular formula is C11H15N3S2. The number of thiazole rings is 2. The third-order valence-corrected chi connectivity index (χ3v) is 4.41. The van der Waals surface area contributed by atoms with Crippen LogP contribution in [-0.2, 0) is 0 Å². The van der Waals surface area contributed by atoms with Gasteiger partial charge in [-0.2, -0.15) is 0 Å². The molecular weight excluding hydrogens is 238 g/mol. The van der Waals surface area contributed by atoms with Crippen LogP contribution < -0.4 is 5.73 Å². The van der Waals surface area contributed by atoms with Crippen LogP contribution in [-0.4, -0.2) is 16.5 Å². The predicted octanol–water partition coefficient (Wildman–Crippen LogP) is 2.96. The van der Waals surface area contributed by atoms with E-state index in [1.807, 2.05) is 11.7 Å². The van der Waals surface area contributed by atoms with Crippen molar-refractivity contribution < 1.29 is 0 Å². The predicted molar refractivity (Wildman–Crippen MR) is 69.9 cm³/mol. The van der Waals surface area contributed by atoms with Gasteiger partial charge in [0.25, 0.3) is 0 Å². The Labute approximate surface area is 103 Å². The molecule has 1 atom stereocenters. The molecule has 3 nitrogen and oxygen atoms in total. The first-order valence-corrected chi connectivity index (χ1v) is 7.02. The molecule has 0 spiro atoms. The van der Waals surface area contributed by atoms with E-state index in [-0.39, 0.29) is 0 Å². The minimum absolute atomic E-state index is 0.359. The summed E-state index contributed by atoms with van der Waals surface area (Å²) < 4.78 is 0. The monoisotopic (exact) mass is 253 g/mol. The Balaban J connectivity index is 2.25. The van der Waals surface area contributed by atoms with Gasteiger partial charge in [-0.05, 0) is 5.92 Å². The SMILES string of the molecule is CC(C)C(CN)c1csc(-c2cncs2)n1. The quantitative estimate of drug-likeness (QED) is 0.911. The summed E-state index contributed by atoms with van der Waals surface area (Å²) in [5.74, 6) is 0.888. The molecule has 0 fully saturated rings. The number of nitrogens with zero attached hydrogens (tertiary/aromatic N) is 2. The second-order valence-electron chi connectivity index (χ2n) is 4.03. The first kappa shape index (κ1) is 11.7. The summed E-state index contributed by atoms with van der Waals surface area (Å²) in [4.78, 5) is 9.86. The van der Waals surface area contributed by atoms with Crippen LogP contribution in [0.15, 0.2) is 17.1 Å². The molecule has 0 aromatic carbocycles. The van der Waals surface area contributed by atoms with Crippen molar-refractivity contribution in [3.8, 4) is 9.88 Å². The summed E-state index contributed by atoms with van der Waals surface area (Å²) in [6.45, 7) is 5.02. The van der Waals surface area contributed by atoms with Gasteiger partial charge in [0.1, 0.15) is 5.01 Å². The van der Waals surface area contributed by atoms with Crippen molar-refractivity contribution >= 4 is 22.7 Å². The smallest absolute Gasteiger partial charge is 0.135 e. The molecule has 2 N–H and O–H groups in total. The summed E-state index contributed by atoms with van der Waals surface area (Å²) in [6.07, 6.45) is 1.86. The topological polar surface area (TPSA) is 51.8 Å². The van der Waals surface area contributed by atoms with Crippen LogP contribution in [0.5, 0.6) is 0 Å². The molecule has 0 aliphatic carbocycles. The van der Waals surface area contributed by atoms with Crippen molar-refractivity contribution in [3.63, 3.8) is 0 Å². The van der Waals surface area contributed by atoms with Gasteiger partial charge in [0.15, 0.2) is 0 Å². The van der Waals surface area contributed by atoms with E-state index in [4.69, 9.17) is 5.73 Å². The lowest BCUT2D eigenvalue weighted by Gasteiger charge is -2.15. The van der Waals surface area contributed by atoms with Gasteiger partial charge in [-0.3, -0.25) is 4.98 Å². The van der Waals surface area contributed by atoms with Gasteiger partial charge in [-0.25, -0.2) is 4.98 Å². The number of nitrogens with two attached hydrogens (primary N) is 1. The molecule has 0 aliphatic rings. The molecule has 2 aromatic heterocycles. The van der Waals surface area contributed by atoms with Crippen LogP contribution in [0.3, 0.4) is 0 Å². The number of rotatable bonds is 4. The molecule has 2 heterocycles. The largest absolute Gasteiger partial charge is 0.330 e. The third kappa shape index (κ3) is 2.31. The highest BCUT2D eigenvalue weighted by Crippen LogP contribution is 2.31. The summed E-state index contributed by atoms with van der Waals surface area (Å²) >= 11 is 3.29. The van der Waals surface area contributed by atoms with Gasteiger partial charge >= 0.3 is 0 Å². The Hall–Kier alpha value is -0.780. The Morgan fingerprint density at radius 3 is 2.75 bits per heavy atom. The molecule has 1 unspecified atom stereocenters. The lowest BCUT2D eigenvalue weighted by molar-refractivity contribution is 0.498. The Morgan fingerprint density at radius 2 is 2.19 bits per heavy atom. The van der Waals surface area contributed by atoms with Crippen LogP contribution in [0, 0.1) is 5.92 Å². The minimum atomic E-state index is 0.359. The highest BCUT2D eigenvalue weighted by atomic mass is 32.1. The molecule has 0 saturated heterocycles. The van der Waals surface area contributed by atoms with Gasteiger partial charge < -0.3 is 5.73 Å². The molecule has 0 saturated carbocycles. The van der Waals surface area contributed by atoms with E-state index in [1.165, 1.54) is 0 Å². The zero-order valence-electron chi connectivity index (χ0n) is 9.38. The molecule has 0 amide bonds. The fourth-order valence-corrected chi connectivity index (χ4v) is 3.20. The number of aromatic nitrogens is 2. The molecule has 0 aliphatic heterocycles. The molecule has 86 valence electrons. The highest BCUT2D eigenvalue weighted by molar-refractivity contribution is 7.19. The lowest BCUT2D eigenvalue weighted by Crippen LogP contribution is -2.18. The van der Waals surface area contributed by atoms with Crippen molar-refractivity contribution in [1.29, 1.82) is 0 Å². The van der Waals surface area contributed by atoms with Crippen molar-refractivity contribution in [2.75, 3.05) is 6.54 Å². The summed E-state index contributed by atoms with van der Waals surface area (Å²) in [6, 6.07) is 0. The van der Waals surface area contributed by atoms with Crippen molar-refractivity contribution in [2.45, 2.75) is 19.8 Å². The summed E-state index contributed by atoms with van der Waals surface area (Å²) in [7, 11) is 0. The zero-order chi connectivity index (χ0) is 11.5. The van der Waals surface area contributed by atoms with E-state index in [1.54, 1.807) is 22.7 Å². The highest BCUT2D eigenvalue weighted by Gasteiger charge is 2.17. The Morgan fingerprint density at radius 1 is 1.38 bits per heavy atom. The first-order chi connectivity index (χ1) is 7.72. The van der Waals surface area contributed by atoms with E-state index in [9.17, 15) is 0 Å². The van der Waals surface area contributed by atoms with Crippen LogP contribution >= 0.6 is 22.7 Å². The van der Waals surface area contributed by atoms with Crippen molar-refractivity contribution in [3.05, 3.63) is 22.8 Å². The van der Waals surface area contributed by atoms with Crippen LogP contribution in [0.1, 0.15) is 25.5 Å². The molecule has 2 aromatic rings. The van der Waals surface area contributed by atoms with Gasteiger partial charge in [0, 0.05) is 24.0 Å². The normalized spacial score (nSPS) is 13.2. The fourth-order valence-electron chi connectivity index (χ4n) is 1.63. The maximum atomic E-state index is 5.79. The molecule has 2 rings (SSSR count). The summed E-state index contributed by atoms with van der Waals surface area (Å²) in [5, 5.41) is 3.17. The Bertz CT molecular complexity index is 434. The number of hydrogen-bond acceptors (Lipinski definition) is 5. The molecule has 0 radical (unpaired) electrons. The van der Waals surface area contributed by atoms with Crippen LogP contribution in [0.2, 0.25) is 0 Å². The van der Waals surface area contributed by atoms with E-state index in [2.05, 4.69) is 29.2 Å². The number of hydrogen-bond donors (Lipinski definition) is 1. The average Bonchev–Trinajstić information content (AvgIpc) is 2.86. The molecule has 0 bridgehead atoms. The summed E-state index contributed by atoms with van der Waals surface area (Å²) in [5.41, 5.74) is 8.74. The first-order valence-electron chi connectivity index (χ1n) is 5.26. The molecule has 16 heavy (non-hydrogen) atoms. The Kier molecular flexibility index (Phi) is 3.68. The maximum Gasteiger partial charge on any atom is 0.135 e. The van der Waals surface area contributed by atoms with Crippen molar-refractivity contribution in [1.82, 2.24) is 9.97 Å². The second kappa shape index (κ2) is 5.03. The lowest BCUT2D eigenvalue weighted by atomic mass is 9.93. The average molecular weight is 253 g/mol. The van der Waals surface area contributed by atoms with E-state index < -0.39 is 0 Å². The van der Waals surface area contributed by atoms with Crippen LogP contribution in [0.4, 0.5) is 0 Å². The zero-order valence-corrected chi connectivity index (χ0v) is 11.0. The second-order valence-corrected chi connectivity index (χ2v) is 5.77. The van der Waals surface area contributed by atoms with E-state index >= 15 is 0 Å². The van der Waals surface area contributed by atoms with Gasteiger partial charge in [0.2, 0.25) is 0 Å². The van der Waals surface area contributed by atoms with Gasteiger partial charge in [-0.15, -0.1) is 22.7 Å². The maximum absolute atomic E-state index is 5.79. The van der Waals surface area contributed by atoms with Crippen molar-refractivity contribution in [2.24, 2.45) is 11.7 Å². The fraction of sp³-hybridized carbons (Fsp3) is 0.455. The van der Waals surface area contributed by atoms with Gasteiger partial charge in [0.05, 0.1) is 16.1 Å². The van der Waals surface area contributed by atoms with Gasteiger partial charge in [-0.1, -0.05) is 13.8 Å². The standard InChI is InChI=1S/C11H15N3S2/c1-7(2)8(3-12)9-5-15-11(14-9)10-4-13-6-16-10/h4-8H,3,12H2,1-2H3. The van der Waals surface area contributed by atoms with E-state index in [0.717, 1.165) is 15.6 Å².